The summed E-state index contributed by atoms with van der Waals surface area (Å²) < 4.78 is 0. The maximum absolute atomic E-state index is 12.3. The molecule has 0 saturated heterocycles. The molecule has 0 aromatic carbocycles. The summed E-state index contributed by atoms with van der Waals surface area (Å²) in [5, 5.41) is 0. The lowest BCUT2D eigenvalue weighted by molar-refractivity contribution is -0.129. The molecule has 0 aliphatic heterocycles. The second-order valence-electron chi connectivity index (χ2n) is 6.14. The van der Waals surface area contributed by atoms with Gasteiger partial charge in [0.05, 0.1) is 0 Å². The molecule has 0 aromatic heterocycles. The van der Waals surface area contributed by atoms with Crippen molar-refractivity contribution in [3.8, 4) is 0 Å². The fourth-order valence-electron chi connectivity index (χ4n) is 3.72. The summed E-state index contributed by atoms with van der Waals surface area (Å²) >= 11 is 0. The van der Waals surface area contributed by atoms with Crippen molar-refractivity contribution in [3.63, 3.8) is 0 Å². The molecule has 0 radical (unpaired) electrons. The van der Waals surface area contributed by atoms with Crippen LogP contribution in [0.1, 0.15) is 53.4 Å². The van der Waals surface area contributed by atoms with Crippen LogP contribution < -0.4 is 0 Å². The van der Waals surface area contributed by atoms with Gasteiger partial charge >= 0.3 is 0 Å². The predicted molar refractivity (Wildman–Crippen MR) is 67.2 cm³/mol. The molecule has 1 heteroatoms. The number of Topliss-reactive ketones (excluding diaryl/α,β-unsaturated/α-hetero) is 1. The number of hydrogen-bond donors (Lipinski definition) is 0. The molecule has 0 spiro atoms. The van der Waals surface area contributed by atoms with Gasteiger partial charge in [0.2, 0.25) is 0 Å². The molecule has 1 saturated carbocycles. The molecule has 1 nitrogen and oxygen atoms in total. The number of ketones is 1. The highest BCUT2D eigenvalue weighted by atomic mass is 16.1. The van der Waals surface area contributed by atoms with Crippen molar-refractivity contribution < 1.29 is 4.79 Å². The van der Waals surface area contributed by atoms with Gasteiger partial charge in [0, 0.05) is 17.3 Å². The van der Waals surface area contributed by atoms with Crippen molar-refractivity contribution in [3.05, 3.63) is 11.6 Å². The predicted octanol–water partition coefficient (Wildman–Crippen LogP) is 3.98. The highest BCUT2D eigenvalue weighted by Gasteiger charge is 2.50. The Morgan fingerprint density at radius 3 is 2.75 bits per heavy atom. The van der Waals surface area contributed by atoms with Crippen LogP contribution in [0.3, 0.4) is 0 Å². The van der Waals surface area contributed by atoms with Crippen LogP contribution >= 0.6 is 0 Å². The number of carbonyl (C=O) groups excluding carboxylic acids is 1. The van der Waals surface area contributed by atoms with E-state index >= 15 is 0 Å². The van der Waals surface area contributed by atoms with Gasteiger partial charge in [0.25, 0.3) is 0 Å². The van der Waals surface area contributed by atoms with Gasteiger partial charge in [0.15, 0.2) is 0 Å². The third kappa shape index (κ3) is 1.56. The lowest BCUT2D eigenvalue weighted by Gasteiger charge is -2.41. The van der Waals surface area contributed by atoms with Gasteiger partial charge in [-0.15, -0.1) is 0 Å². The highest BCUT2D eigenvalue weighted by molar-refractivity contribution is 5.84. The van der Waals surface area contributed by atoms with Crippen LogP contribution in [-0.4, -0.2) is 5.78 Å². The Morgan fingerprint density at radius 1 is 1.44 bits per heavy atom. The Balaban J connectivity index is 2.33. The van der Waals surface area contributed by atoms with Gasteiger partial charge < -0.3 is 0 Å². The lowest BCUT2D eigenvalue weighted by Crippen LogP contribution is -2.38. The fraction of sp³-hybridized carbons (Fsp3) is 0.800. The van der Waals surface area contributed by atoms with E-state index in [1.54, 1.807) is 5.57 Å². The molecular weight excluding hydrogens is 196 g/mol. The highest BCUT2D eigenvalue weighted by Crippen LogP contribution is 2.56. The van der Waals surface area contributed by atoms with Crippen LogP contribution in [0, 0.1) is 23.2 Å². The Labute approximate surface area is 99.3 Å². The molecule has 0 heterocycles. The Hall–Kier alpha value is -0.590. The van der Waals surface area contributed by atoms with Crippen molar-refractivity contribution in [1.82, 2.24) is 0 Å². The Kier molecular flexibility index (Phi) is 2.98. The van der Waals surface area contributed by atoms with E-state index in [2.05, 4.69) is 19.9 Å². The topological polar surface area (TPSA) is 17.1 Å². The summed E-state index contributed by atoms with van der Waals surface area (Å²) in [7, 11) is 0. The standard InChI is InChI=1S/C15H24O/c1-10(2)14(16)13-9-8-12-7-5-6-11(3)15(12,13)4/h7,10-11,13H,5-6,8-9H2,1-4H3/t11-,13+,15+/m0/s1. The SMILES string of the molecule is CC(C)C(=O)[C@H]1CCC2=CCC[C@H](C)[C@]21C. The van der Waals surface area contributed by atoms with Gasteiger partial charge in [-0.05, 0) is 31.6 Å². The van der Waals surface area contributed by atoms with Crippen molar-refractivity contribution in [2.24, 2.45) is 23.2 Å². The second-order valence-corrected chi connectivity index (χ2v) is 6.14. The zero-order chi connectivity index (χ0) is 11.9. The first-order valence-electron chi connectivity index (χ1n) is 6.71. The number of rotatable bonds is 2. The number of allylic oxidation sites excluding steroid dienone is 2. The van der Waals surface area contributed by atoms with Crippen LogP contribution in [0.25, 0.3) is 0 Å². The van der Waals surface area contributed by atoms with Gasteiger partial charge in [-0.2, -0.15) is 0 Å². The van der Waals surface area contributed by atoms with Crippen LogP contribution in [-0.2, 0) is 4.79 Å². The summed E-state index contributed by atoms with van der Waals surface area (Å²) in [4.78, 5) is 12.3. The van der Waals surface area contributed by atoms with E-state index in [9.17, 15) is 4.79 Å². The Bertz CT molecular complexity index is 326. The summed E-state index contributed by atoms with van der Waals surface area (Å²) in [5.41, 5.74) is 1.75. The largest absolute Gasteiger partial charge is 0.299 e. The summed E-state index contributed by atoms with van der Waals surface area (Å²) in [6.45, 7) is 8.75. The zero-order valence-electron chi connectivity index (χ0n) is 11.0. The van der Waals surface area contributed by atoms with Crippen LogP contribution in [0.5, 0.6) is 0 Å². The molecule has 0 aromatic rings. The summed E-state index contributed by atoms with van der Waals surface area (Å²) in [5.74, 6) is 1.63. The molecule has 2 aliphatic carbocycles. The average Bonchev–Trinajstić information content (AvgIpc) is 2.57. The third-order valence-corrected chi connectivity index (χ3v) is 5.04. The van der Waals surface area contributed by atoms with Gasteiger partial charge in [0.1, 0.15) is 5.78 Å². The van der Waals surface area contributed by atoms with E-state index in [1.165, 1.54) is 12.8 Å². The minimum Gasteiger partial charge on any atom is -0.299 e. The van der Waals surface area contributed by atoms with E-state index in [1.807, 2.05) is 13.8 Å². The normalized spacial score (nSPS) is 38.4. The van der Waals surface area contributed by atoms with E-state index in [0.29, 0.717) is 11.7 Å². The number of fused-ring (bicyclic) bond motifs is 1. The van der Waals surface area contributed by atoms with Gasteiger partial charge in [-0.3, -0.25) is 4.79 Å². The molecule has 0 N–H and O–H groups in total. The quantitative estimate of drug-likeness (QED) is 0.643. The van der Waals surface area contributed by atoms with E-state index in [-0.39, 0.29) is 17.3 Å². The van der Waals surface area contributed by atoms with Crippen LogP contribution in [0.4, 0.5) is 0 Å². The maximum atomic E-state index is 12.3. The first kappa shape index (κ1) is 11.9. The molecule has 2 rings (SSSR count). The van der Waals surface area contributed by atoms with E-state index in [4.69, 9.17) is 0 Å². The minimum atomic E-state index is 0.180. The molecule has 0 unspecified atom stereocenters. The molecule has 2 aliphatic rings. The smallest absolute Gasteiger partial charge is 0.139 e. The molecular formula is C15H24O. The summed E-state index contributed by atoms with van der Waals surface area (Å²) in [6.07, 6.45) is 7.12. The number of carbonyl (C=O) groups is 1. The molecule has 90 valence electrons. The second kappa shape index (κ2) is 4.01. The third-order valence-electron chi connectivity index (χ3n) is 5.04. The van der Waals surface area contributed by atoms with Gasteiger partial charge in [-0.1, -0.05) is 39.3 Å². The van der Waals surface area contributed by atoms with Crippen LogP contribution in [0.15, 0.2) is 11.6 Å². The molecule has 0 amide bonds. The first-order chi connectivity index (χ1) is 7.48. The van der Waals surface area contributed by atoms with Crippen LogP contribution in [0.2, 0.25) is 0 Å². The fourth-order valence-corrected chi connectivity index (χ4v) is 3.72. The van der Waals surface area contributed by atoms with Crippen molar-refractivity contribution in [2.75, 3.05) is 0 Å². The zero-order valence-corrected chi connectivity index (χ0v) is 11.0. The Morgan fingerprint density at radius 2 is 2.12 bits per heavy atom. The van der Waals surface area contributed by atoms with Crippen molar-refractivity contribution >= 4 is 5.78 Å². The van der Waals surface area contributed by atoms with Crippen molar-refractivity contribution in [2.45, 2.75) is 53.4 Å². The number of hydrogen-bond acceptors (Lipinski definition) is 1. The average molecular weight is 220 g/mol. The monoisotopic (exact) mass is 220 g/mol. The van der Waals surface area contributed by atoms with E-state index in [0.717, 1.165) is 12.8 Å². The van der Waals surface area contributed by atoms with Crippen molar-refractivity contribution in [1.29, 1.82) is 0 Å². The molecule has 0 bridgehead atoms. The van der Waals surface area contributed by atoms with E-state index < -0.39 is 0 Å². The lowest BCUT2D eigenvalue weighted by atomic mass is 9.62. The summed E-state index contributed by atoms with van der Waals surface area (Å²) in [6, 6.07) is 0. The molecule has 1 fully saturated rings. The van der Waals surface area contributed by atoms with Gasteiger partial charge in [-0.25, -0.2) is 0 Å². The maximum Gasteiger partial charge on any atom is 0.139 e. The first-order valence-corrected chi connectivity index (χ1v) is 6.71. The molecule has 16 heavy (non-hydrogen) atoms. The minimum absolute atomic E-state index is 0.180. The molecule has 3 atom stereocenters.